The third-order valence-corrected chi connectivity index (χ3v) is 8.10. The standard InChI is InChI=1S/C14H33OSSi2/c1-13(2,3)11-18(9,10)15-12(14(4,5)6)16(7,8)17/h12H,11H2,1-10H3. The van der Waals surface area contributed by atoms with Gasteiger partial charge >= 0.3 is 0 Å². The van der Waals surface area contributed by atoms with Crippen LogP contribution in [0.5, 0.6) is 0 Å². The summed E-state index contributed by atoms with van der Waals surface area (Å²) in [5, 5.41) is 0. The van der Waals surface area contributed by atoms with Crippen LogP contribution >= 0.6 is 9.48 Å². The van der Waals surface area contributed by atoms with Gasteiger partial charge in [-0.25, -0.2) is 9.48 Å². The smallest absolute Gasteiger partial charge is 0.188 e. The molecule has 0 aliphatic heterocycles. The molecule has 109 valence electrons. The van der Waals surface area contributed by atoms with Crippen molar-refractivity contribution >= 4 is 27.2 Å². The van der Waals surface area contributed by atoms with Gasteiger partial charge < -0.3 is 4.43 Å². The highest BCUT2D eigenvalue weighted by Gasteiger charge is 2.39. The minimum absolute atomic E-state index is 0.183. The monoisotopic (exact) mass is 305 g/mol. The largest absolute Gasteiger partial charge is 0.407 e. The van der Waals surface area contributed by atoms with Gasteiger partial charge in [-0.3, -0.25) is 0 Å². The average molecular weight is 306 g/mol. The molecule has 1 nitrogen and oxygen atoms in total. The molecule has 4 heteroatoms. The first-order valence-corrected chi connectivity index (χ1v) is 13.5. The van der Waals surface area contributed by atoms with Crippen molar-refractivity contribution < 1.29 is 4.43 Å². The van der Waals surface area contributed by atoms with Crippen LogP contribution < -0.4 is 0 Å². The van der Waals surface area contributed by atoms with Crippen LogP contribution in [0.1, 0.15) is 41.5 Å². The van der Waals surface area contributed by atoms with Crippen LogP contribution in [-0.2, 0) is 4.43 Å². The van der Waals surface area contributed by atoms with Crippen LogP contribution in [0, 0.1) is 10.8 Å². The Morgan fingerprint density at radius 3 is 1.67 bits per heavy atom. The van der Waals surface area contributed by atoms with Gasteiger partial charge in [-0.05, 0) is 42.5 Å². The third-order valence-electron chi connectivity index (χ3n) is 2.62. The molecule has 0 saturated carbocycles. The lowest BCUT2D eigenvalue weighted by molar-refractivity contribution is 0.150. The van der Waals surface area contributed by atoms with Crippen LogP contribution in [0.25, 0.3) is 0 Å². The molecule has 0 rings (SSSR count). The van der Waals surface area contributed by atoms with Crippen LogP contribution in [0.3, 0.4) is 0 Å². The van der Waals surface area contributed by atoms with Gasteiger partial charge in [0.25, 0.3) is 0 Å². The van der Waals surface area contributed by atoms with E-state index in [1.165, 1.54) is 6.04 Å². The maximum atomic E-state index is 6.67. The van der Waals surface area contributed by atoms with Gasteiger partial charge in [-0.1, -0.05) is 41.5 Å². The zero-order valence-electron chi connectivity index (χ0n) is 14.1. The molecule has 0 aliphatic rings. The highest BCUT2D eigenvalue weighted by Crippen LogP contribution is 2.50. The normalized spacial score (nSPS) is 17.7. The molecule has 0 N–H and O–H groups in total. The Labute approximate surface area is 121 Å². The second kappa shape index (κ2) is 5.62. The van der Waals surface area contributed by atoms with Crippen molar-refractivity contribution in [1.29, 1.82) is 0 Å². The molecular formula is C14H33OSSi2. The molecule has 0 fully saturated rings. The molecule has 0 bridgehead atoms. The first-order chi connectivity index (χ1) is 7.55. The Kier molecular flexibility index (Phi) is 5.86. The van der Waals surface area contributed by atoms with E-state index in [1.54, 1.807) is 0 Å². The summed E-state index contributed by atoms with van der Waals surface area (Å²) in [5.41, 5.74) is 0.845. The lowest BCUT2D eigenvalue weighted by Gasteiger charge is -2.48. The summed E-state index contributed by atoms with van der Waals surface area (Å²) >= 11 is 0. The molecule has 0 aromatic heterocycles. The molecule has 0 aromatic carbocycles. The molecule has 0 amide bonds. The molecule has 0 saturated heterocycles. The summed E-state index contributed by atoms with van der Waals surface area (Å²) in [5.74, 6) is 0. The van der Waals surface area contributed by atoms with Crippen molar-refractivity contribution in [3.05, 3.63) is 0 Å². The van der Waals surface area contributed by atoms with Crippen molar-refractivity contribution in [1.82, 2.24) is 0 Å². The van der Waals surface area contributed by atoms with Crippen molar-refractivity contribution in [3.8, 4) is 0 Å². The molecule has 0 aliphatic carbocycles. The van der Waals surface area contributed by atoms with Gasteiger partial charge in [-0.2, -0.15) is 0 Å². The van der Waals surface area contributed by atoms with E-state index < -0.39 is 17.8 Å². The van der Waals surface area contributed by atoms with E-state index in [0.717, 1.165) is 0 Å². The van der Waals surface area contributed by atoms with E-state index in [4.69, 9.17) is 4.43 Å². The number of hydrogen-bond acceptors (Lipinski definition) is 1. The minimum atomic E-state index is -1.63. The molecule has 0 heterocycles. The fourth-order valence-electron chi connectivity index (χ4n) is 2.79. The second-order valence-electron chi connectivity index (χ2n) is 8.72. The van der Waals surface area contributed by atoms with E-state index in [0.29, 0.717) is 10.9 Å². The molecule has 18 heavy (non-hydrogen) atoms. The van der Waals surface area contributed by atoms with E-state index in [2.05, 4.69) is 76.5 Å². The first kappa shape index (κ1) is 18.7. The molecule has 0 spiro atoms. The zero-order valence-corrected chi connectivity index (χ0v) is 16.9. The SMILES string of the molecule is CC(C)(C)C[Si](C)(C)OC(C(C)(C)C)S(C)(C)[Si]. The summed E-state index contributed by atoms with van der Waals surface area (Å²) in [6.45, 7) is 18.5. The molecule has 1 atom stereocenters. The summed E-state index contributed by atoms with van der Waals surface area (Å²) in [4.78, 5) is 0. The Morgan fingerprint density at radius 2 is 1.44 bits per heavy atom. The second-order valence-corrected chi connectivity index (χ2v) is 19.2. The summed E-state index contributed by atoms with van der Waals surface area (Å²) in [7, 11) is 1.42. The third kappa shape index (κ3) is 7.36. The van der Waals surface area contributed by atoms with Crippen LogP contribution in [0.2, 0.25) is 19.1 Å². The van der Waals surface area contributed by atoms with E-state index >= 15 is 0 Å². The number of hydrogen-bond donors (Lipinski definition) is 0. The Bertz CT molecular complexity index is 255. The highest BCUT2D eigenvalue weighted by atomic mass is 32.4. The topological polar surface area (TPSA) is 9.23 Å². The average Bonchev–Trinajstić information content (AvgIpc) is 1.90. The van der Waals surface area contributed by atoms with Gasteiger partial charge in [-0.15, -0.1) is 0 Å². The Hall–Kier alpha value is 0.744. The Balaban J connectivity index is 5.01. The van der Waals surface area contributed by atoms with E-state index in [-0.39, 0.29) is 5.41 Å². The minimum Gasteiger partial charge on any atom is -0.407 e. The van der Waals surface area contributed by atoms with Crippen molar-refractivity contribution in [2.24, 2.45) is 10.8 Å². The first-order valence-electron chi connectivity index (χ1n) is 6.69. The van der Waals surface area contributed by atoms with Gasteiger partial charge in [0, 0.05) is 0 Å². The summed E-state index contributed by atoms with van der Waals surface area (Å²) < 4.78 is 6.67. The van der Waals surface area contributed by atoms with E-state index in [9.17, 15) is 0 Å². The fourth-order valence-corrected chi connectivity index (χ4v) is 11.4. The lowest BCUT2D eigenvalue weighted by Crippen LogP contribution is -2.45. The van der Waals surface area contributed by atoms with Gasteiger partial charge in [0.05, 0.1) is 14.8 Å². The Morgan fingerprint density at radius 1 is 1.06 bits per heavy atom. The molecular weight excluding hydrogens is 272 g/mol. The van der Waals surface area contributed by atoms with Crippen LogP contribution in [0.15, 0.2) is 0 Å². The van der Waals surface area contributed by atoms with Gasteiger partial charge in [0.1, 0.15) is 0 Å². The summed E-state index contributed by atoms with van der Waals surface area (Å²) in [6.07, 6.45) is 4.59. The maximum Gasteiger partial charge on any atom is 0.188 e. The maximum absolute atomic E-state index is 6.67. The zero-order chi connectivity index (χ0) is 15.0. The summed E-state index contributed by atoms with van der Waals surface area (Å²) in [6, 6.07) is 1.20. The predicted octanol–water partition coefficient (Wildman–Crippen LogP) is 4.77. The molecule has 1 unspecified atom stereocenters. The van der Waals surface area contributed by atoms with Crippen LogP contribution in [-0.4, -0.2) is 35.7 Å². The van der Waals surface area contributed by atoms with Gasteiger partial charge in [0.2, 0.25) is 0 Å². The van der Waals surface area contributed by atoms with Crippen molar-refractivity contribution in [3.63, 3.8) is 0 Å². The number of rotatable bonds is 4. The lowest BCUT2D eigenvalue weighted by atomic mass is 9.98. The fraction of sp³-hybridized carbons (Fsp3) is 1.00. The van der Waals surface area contributed by atoms with Crippen LogP contribution in [0.4, 0.5) is 0 Å². The van der Waals surface area contributed by atoms with Crippen molar-refractivity contribution in [2.75, 3.05) is 12.5 Å². The highest BCUT2D eigenvalue weighted by molar-refractivity contribution is 8.49. The van der Waals surface area contributed by atoms with Gasteiger partial charge in [0.15, 0.2) is 8.32 Å². The predicted molar refractivity (Wildman–Crippen MR) is 91.3 cm³/mol. The van der Waals surface area contributed by atoms with E-state index in [1.807, 2.05) is 0 Å². The quantitative estimate of drug-likeness (QED) is 0.680. The molecule has 0 aromatic rings. The molecule has 3 radical (unpaired) electrons. The van der Waals surface area contributed by atoms with Crippen molar-refractivity contribution in [2.45, 2.75) is 66.1 Å².